The normalized spacial score (nSPS) is 12.0. The van der Waals surface area contributed by atoms with Crippen molar-refractivity contribution in [1.82, 2.24) is 0 Å². The molecular weight excluding hydrogens is 206 g/mol. The van der Waals surface area contributed by atoms with Crippen molar-refractivity contribution < 1.29 is 8.85 Å². The lowest BCUT2D eigenvalue weighted by atomic mass is 10.3. The lowest BCUT2D eigenvalue weighted by molar-refractivity contribution is 0.172. The van der Waals surface area contributed by atoms with Crippen molar-refractivity contribution in [1.29, 1.82) is 0 Å². The molecule has 0 fully saturated rings. The molecule has 0 heterocycles. The summed E-state index contributed by atoms with van der Waals surface area (Å²) in [6, 6.07) is 1.07. The van der Waals surface area contributed by atoms with E-state index in [1.54, 1.807) is 0 Å². The van der Waals surface area contributed by atoms with Crippen LogP contribution in [0.5, 0.6) is 0 Å². The molecule has 0 rings (SSSR count). The highest BCUT2D eigenvalue weighted by molar-refractivity contribution is 6.66. The van der Waals surface area contributed by atoms with Crippen molar-refractivity contribution in [2.24, 2.45) is 5.73 Å². The van der Waals surface area contributed by atoms with E-state index in [2.05, 4.69) is 20.4 Å². The van der Waals surface area contributed by atoms with E-state index >= 15 is 0 Å². The number of hydrogen-bond acceptors (Lipinski definition) is 3. The summed E-state index contributed by atoms with van der Waals surface area (Å²) >= 11 is 0. The first-order valence-electron chi connectivity index (χ1n) is 6.16. The van der Waals surface area contributed by atoms with Crippen molar-refractivity contribution in [2.45, 2.75) is 52.1 Å². The Labute approximate surface area is 95.6 Å². The summed E-state index contributed by atoms with van der Waals surface area (Å²) in [5.74, 6) is 0. The summed E-state index contributed by atoms with van der Waals surface area (Å²) in [6.45, 7) is 8.87. The molecule has 0 unspecified atom stereocenters. The van der Waals surface area contributed by atoms with E-state index in [9.17, 15) is 0 Å². The monoisotopic (exact) mass is 233 g/mol. The maximum absolute atomic E-state index is 5.90. The summed E-state index contributed by atoms with van der Waals surface area (Å²) in [5, 5.41) is 0. The zero-order chi connectivity index (χ0) is 11.6. The number of rotatable bonds is 10. The molecule has 0 aromatic carbocycles. The minimum Gasteiger partial charge on any atom is -0.394 e. The van der Waals surface area contributed by atoms with Crippen molar-refractivity contribution in [3.8, 4) is 0 Å². The van der Waals surface area contributed by atoms with Crippen molar-refractivity contribution in [3.05, 3.63) is 0 Å². The van der Waals surface area contributed by atoms with Crippen molar-refractivity contribution >= 4 is 8.56 Å². The number of nitrogens with two attached hydrogens (primary N) is 1. The fourth-order valence-electron chi connectivity index (χ4n) is 1.41. The van der Waals surface area contributed by atoms with E-state index in [-0.39, 0.29) is 0 Å². The van der Waals surface area contributed by atoms with Gasteiger partial charge in [0.2, 0.25) is 0 Å². The molecule has 0 amide bonds. The van der Waals surface area contributed by atoms with Gasteiger partial charge in [-0.1, -0.05) is 20.3 Å². The molecule has 0 aliphatic rings. The van der Waals surface area contributed by atoms with E-state index in [0.29, 0.717) is 0 Å². The van der Waals surface area contributed by atoms with Crippen LogP contribution in [0.3, 0.4) is 0 Å². The van der Waals surface area contributed by atoms with Gasteiger partial charge in [-0.25, -0.2) is 0 Å². The SMILES string of the molecule is CCCO[Si](C)(CCCCN)OCCC. The van der Waals surface area contributed by atoms with Crippen molar-refractivity contribution in [2.75, 3.05) is 19.8 Å². The van der Waals surface area contributed by atoms with Crippen LogP contribution in [0.2, 0.25) is 12.6 Å². The first kappa shape index (κ1) is 15.1. The summed E-state index contributed by atoms with van der Waals surface area (Å²) < 4.78 is 11.8. The lowest BCUT2D eigenvalue weighted by Gasteiger charge is -2.26. The van der Waals surface area contributed by atoms with E-state index in [0.717, 1.165) is 51.5 Å². The first-order chi connectivity index (χ1) is 7.18. The molecule has 3 nitrogen and oxygen atoms in total. The highest BCUT2D eigenvalue weighted by Crippen LogP contribution is 2.17. The molecule has 0 aliphatic carbocycles. The molecule has 0 bridgehead atoms. The minimum absolute atomic E-state index is 0.770. The van der Waals surface area contributed by atoms with Gasteiger partial charge in [-0.3, -0.25) is 0 Å². The lowest BCUT2D eigenvalue weighted by Crippen LogP contribution is -2.39. The van der Waals surface area contributed by atoms with E-state index in [4.69, 9.17) is 14.6 Å². The first-order valence-corrected chi connectivity index (χ1v) is 8.69. The van der Waals surface area contributed by atoms with Gasteiger partial charge in [-0.2, -0.15) is 0 Å². The van der Waals surface area contributed by atoms with Crippen LogP contribution >= 0.6 is 0 Å². The van der Waals surface area contributed by atoms with Crippen LogP contribution in [-0.2, 0) is 8.85 Å². The van der Waals surface area contributed by atoms with Crippen LogP contribution in [0.15, 0.2) is 0 Å². The third kappa shape index (κ3) is 7.96. The molecule has 0 atom stereocenters. The molecule has 0 aromatic rings. The highest BCUT2D eigenvalue weighted by atomic mass is 28.4. The summed E-state index contributed by atoms with van der Waals surface area (Å²) in [4.78, 5) is 0. The van der Waals surface area contributed by atoms with E-state index in [1.165, 1.54) is 0 Å². The molecule has 0 saturated heterocycles. The Kier molecular flexibility index (Phi) is 9.39. The second-order valence-corrected chi connectivity index (χ2v) is 7.42. The highest BCUT2D eigenvalue weighted by Gasteiger charge is 2.30. The second-order valence-electron chi connectivity index (χ2n) is 4.08. The Morgan fingerprint density at radius 2 is 1.53 bits per heavy atom. The predicted molar refractivity (Wildman–Crippen MR) is 67.2 cm³/mol. The molecule has 0 aromatic heterocycles. The summed E-state index contributed by atoms with van der Waals surface area (Å²) in [5.41, 5.74) is 5.49. The van der Waals surface area contributed by atoms with Gasteiger partial charge in [-0.15, -0.1) is 0 Å². The Morgan fingerprint density at radius 1 is 1.00 bits per heavy atom. The van der Waals surface area contributed by atoms with Crippen LogP contribution < -0.4 is 5.73 Å². The molecule has 92 valence electrons. The Bertz CT molecular complexity index is 137. The van der Waals surface area contributed by atoms with Gasteiger partial charge in [0.05, 0.1) is 0 Å². The fourth-order valence-corrected chi connectivity index (χ4v) is 3.95. The molecule has 0 radical (unpaired) electrons. The zero-order valence-corrected chi connectivity index (χ0v) is 11.6. The quantitative estimate of drug-likeness (QED) is 0.466. The Balaban J connectivity index is 3.89. The standard InChI is InChI=1S/C11H27NO2Si/c1-4-9-13-15(3,14-10-5-2)11-7-6-8-12/h4-12H2,1-3H3. The topological polar surface area (TPSA) is 44.5 Å². The summed E-state index contributed by atoms with van der Waals surface area (Å²) in [7, 11) is -1.88. The number of unbranched alkanes of at least 4 members (excludes halogenated alkanes) is 1. The van der Waals surface area contributed by atoms with Gasteiger partial charge in [-0.05, 0) is 38.4 Å². The Hall–Kier alpha value is 0.0969. The van der Waals surface area contributed by atoms with Crippen LogP contribution in [0, 0.1) is 0 Å². The Morgan fingerprint density at radius 3 is 1.93 bits per heavy atom. The zero-order valence-electron chi connectivity index (χ0n) is 10.6. The maximum Gasteiger partial charge on any atom is 0.334 e. The summed E-state index contributed by atoms with van der Waals surface area (Å²) in [6.07, 6.45) is 4.34. The van der Waals surface area contributed by atoms with Gasteiger partial charge in [0.15, 0.2) is 0 Å². The van der Waals surface area contributed by atoms with Gasteiger partial charge in [0.1, 0.15) is 0 Å². The van der Waals surface area contributed by atoms with Gasteiger partial charge < -0.3 is 14.6 Å². The van der Waals surface area contributed by atoms with Crippen LogP contribution in [-0.4, -0.2) is 28.3 Å². The minimum atomic E-state index is -1.88. The van der Waals surface area contributed by atoms with E-state index in [1.807, 2.05) is 0 Å². The third-order valence-corrected chi connectivity index (χ3v) is 5.20. The average Bonchev–Trinajstić information content (AvgIpc) is 2.24. The molecule has 0 saturated carbocycles. The largest absolute Gasteiger partial charge is 0.394 e. The van der Waals surface area contributed by atoms with Gasteiger partial charge in [0.25, 0.3) is 0 Å². The maximum atomic E-state index is 5.90. The molecule has 2 N–H and O–H groups in total. The van der Waals surface area contributed by atoms with Crippen LogP contribution in [0.25, 0.3) is 0 Å². The van der Waals surface area contributed by atoms with Crippen LogP contribution in [0.4, 0.5) is 0 Å². The fraction of sp³-hybridized carbons (Fsp3) is 1.00. The molecular formula is C11H27NO2Si. The molecule has 0 spiro atoms. The second kappa shape index (κ2) is 9.33. The van der Waals surface area contributed by atoms with Crippen LogP contribution in [0.1, 0.15) is 39.5 Å². The molecule has 0 aliphatic heterocycles. The average molecular weight is 233 g/mol. The smallest absolute Gasteiger partial charge is 0.334 e. The van der Waals surface area contributed by atoms with Crippen molar-refractivity contribution in [3.63, 3.8) is 0 Å². The predicted octanol–water partition coefficient (Wildman–Crippen LogP) is 2.65. The van der Waals surface area contributed by atoms with E-state index < -0.39 is 8.56 Å². The third-order valence-electron chi connectivity index (χ3n) is 2.31. The van der Waals surface area contributed by atoms with Gasteiger partial charge >= 0.3 is 8.56 Å². The number of hydrogen-bond donors (Lipinski definition) is 1. The molecule has 4 heteroatoms. The molecule has 15 heavy (non-hydrogen) atoms. The van der Waals surface area contributed by atoms with Gasteiger partial charge in [0, 0.05) is 13.2 Å².